The first-order valence-electron chi connectivity index (χ1n) is 9.23. The van der Waals surface area contributed by atoms with Gasteiger partial charge in [-0.05, 0) is 35.7 Å². The van der Waals surface area contributed by atoms with E-state index in [1.807, 2.05) is 0 Å². The zero-order valence-electron chi connectivity index (χ0n) is 14.9. The normalized spacial score (nSPS) is 30.3. The van der Waals surface area contributed by atoms with Crippen molar-refractivity contribution in [3.8, 4) is 0 Å². The first kappa shape index (κ1) is 16.9. The van der Waals surface area contributed by atoms with Crippen molar-refractivity contribution in [2.75, 3.05) is 0 Å². The third kappa shape index (κ3) is 3.33. The Morgan fingerprint density at radius 3 is 2.35 bits per heavy atom. The molecule has 2 aliphatic rings. The van der Waals surface area contributed by atoms with Gasteiger partial charge in [-0.15, -0.1) is 0 Å². The van der Waals surface area contributed by atoms with Crippen molar-refractivity contribution in [2.45, 2.75) is 70.6 Å². The Morgan fingerprint density at radius 1 is 1.09 bits per heavy atom. The van der Waals surface area contributed by atoms with Crippen LogP contribution < -0.4 is 0 Å². The Labute approximate surface area is 142 Å². The molecule has 3 heteroatoms. The predicted octanol–water partition coefficient (Wildman–Crippen LogP) is 5.27. The van der Waals surface area contributed by atoms with Gasteiger partial charge in [0, 0.05) is 5.92 Å². The van der Waals surface area contributed by atoms with E-state index < -0.39 is 8.32 Å². The van der Waals surface area contributed by atoms with Gasteiger partial charge < -0.3 is 9.16 Å². The van der Waals surface area contributed by atoms with Gasteiger partial charge in [-0.25, -0.2) is 0 Å². The molecule has 2 nitrogen and oxygen atoms in total. The Morgan fingerprint density at radius 2 is 1.74 bits per heavy atom. The van der Waals surface area contributed by atoms with Crippen molar-refractivity contribution in [3.05, 3.63) is 42.0 Å². The molecule has 3 rings (SSSR count). The number of hydrogen-bond acceptors (Lipinski definition) is 2. The van der Waals surface area contributed by atoms with Crippen LogP contribution in [0.15, 0.2) is 36.4 Å². The van der Waals surface area contributed by atoms with Gasteiger partial charge >= 0.3 is 0 Å². The van der Waals surface area contributed by atoms with E-state index in [1.165, 1.54) is 29.3 Å². The van der Waals surface area contributed by atoms with Crippen LogP contribution in [0.3, 0.4) is 0 Å². The largest absolute Gasteiger partial charge is 0.413 e. The summed E-state index contributed by atoms with van der Waals surface area (Å²) < 4.78 is 12.9. The van der Waals surface area contributed by atoms with E-state index in [-0.39, 0.29) is 6.10 Å². The maximum atomic E-state index is 6.81. The van der Waals surface area contributed by atoms with Gasteiger partial charge in [0.05, 0.1) is 12.2 Å². The predicted molar refractivity (Wildman–Crippen MR) is 98.9 cm³/mol. The highest BCUT2D eigenvalue weighted by molar-refractivity contribution is 6.73. The molecule has 1 aromatic carbocycles. The lowest BCUT2D eigenvalue weighted by atomic mass is 9.97. The van der Waals surface area contributed by atoms with Crippen LogP contribution in [0.5, 0.6) is 0 Å². The van der Waals surface area contributed by atoms with E-state index in [2.05, 4.69) is 64.1 Å². The van der Waals surface area contributed by atoms with Crippen LogP contribution in [-0.2, 0) is 9.16 Å². The fourth-order valence-electron chi connectivity index (χ4n) is 3.95. The minimum atomic E-state index is -1.57. The smallest absolute Gasteiger partial charge is 0.192 e. The van der Waals surface area contributed by atoms with E-state index in [9.17, 15) is 0 Å². The quantitative estimate of drug-likeness (QED) is 0.523. The van der Waals surface area contributed by atoms with Crippen molar-refractivity contribution < 1.29 is 9.16 Å². The highest BCUT2D eigenvalue weighted by Gasteiger charge is 2.50. The number of rotatable bonds is 6. The molecule has 126 valence electrons. The summed E-state index contributed by atoms with van der Waals surface area (Å²) in [6, 6.07) is 14.3. The van der Waals surface area contributed by atoms with E-state index in [0.717, 1.165) is 6.42 Å². The lowest BCUT2D eigenvalue weighted by Crippen LogP contribution is -2.42. The summed E-state index contributed by atoms with van der Waals surface area (Å²) in [4.78, 5) is 0. The minimum absolute atomic E-state index is 0.280. The zero-order valence-corrected chi connectivity index (χ0v) is 15.9. The second-order valence-electron chi connectivity index (χ2n) is 7.04. The molecular formula is C20H30O2Si. The summed E-state index contributed by atoms with van der Waals surface area (Å²) in [5.74, 6) is 0.481. The number of fused-ring (bicyclic) bond motifs is 1. The molecule has 0 amide bonds. The van der Waals surface area contributed by atoms with Crippen molar-refractivity contribution in [1.82, 2.24) is 0 Å². The standard InChI is InChI=1S/C20H30O2Si/c1-5-23(6-2,7-3)22-18-14-13-17(16-11-9-8-10-12-16)20-19(21-20)15(18)4/h8-13,15,18-20H,5-7,14H2,1-4H3/t15-,18?,19-,20+/m1/s1. The average Bonchev–Trinajstić information content (AvgIpc) is 3.39. The van der Waals surface area contributed by atoms with Crippen molar-refractivity contribution in [3.63, 3.8) is 0 Å². The summed E-state index contributed by atoms with van der Waals surface area (Å²) in [6.07, 6.45) is 4.34. The Hall–Kier alpha value is -0.903. The fourth-order valence-corrected chi connectivity index (χ4v) is 6.90. The van der Waals surface area contributed by atoms with E-state index in [4.69, 9.17) is 9.16 Å². The summed E-state index contributed by atoms with van der Waals surface area (Å²) >= 11 is 0. The molecule has 1 aromatic rings. The number of ether oxygens (including phenoxy) is 1. The second-order valence-corrected chi connectivity index (χ2v) is 11.8. The monoisotopic (exact) mass is 330 g/mol. The second kappa shape index (κ2) is 6.92. The first-order valence-corrected chi connectivity index (χ1v) is 11.8. The van der Waals surface area contributed by atoms with Crippen LogP contribution in [0, 0.1) is 5.92 Å². The Bertz CT molecular complexity index is 542. The fraction of sp³-hybridized carbons (Fsp3) is 0.600. The maximum Gasteiger partial charge on any atom is 0.192 e. The number of benzene rings is 1. The molecule has 0 N–H and O–H groups in total. The molecule has 0 bridgehead atoms. The summed E-state index contributed by atoms with van der Waals surface area (Å²) in [7, 11) is -1.57. The van der Waals surface area contributed by atoms with E-state index in [0.29, 0.717) is 18.1 Å². The molecule has 0 spiro atoms. The van der Waals surface area contributed by atoms with Gasteiger partial charge in [0.2, 0.25) is 0 Å². The molecule has 1 fully saturated rings. The lowest BCUT2D eigenvalue weighted by molar-refractivity contribution is 0.113. The lowest BCUT2D eigenvalue weighted by Gasteiger charge is -2.35. The molecule has 1 aliphatic carbocycles. The first-order chi connectivity index (χ1) is 11.1. The topological polar surface area (TPSA) is 21.8 Å². The Balaban J connectivity index is 1.81. The zero-order chi connectivity index (χ0) is 16.4. The average molecular weight is 331 g/mol. The summed E-state index contributed by atoms with van der Waals surface area (Å²) in [5, 5.41) is 0. The third-order valence-corrected chi connectivity index (χ3v) is 10.6. The van der Waals surface area contributed by atoms with Gasteiger partial charge in [-0.3, -0.25) is 0 Å². The van der Waals surface area contributed by atoms with Gasteiger partial charge in [-0.1, -0.05) is 64.1 Å². The summed E-state index contributed by atoms with van der Waals surface area (Å²) in [5.41, 5.74) is 2.67. The summed E-state index contributed by atoms with van der Waals surface area (Å²) in [6.45, 7) is 9.24. The highest BCUT2D eigenvalue weighted by atomic mass is 28.4. The van der Waals surface area contributed by atoms with Crippen LogP contribution in [0.25, 0.3) is 5.57 Å². The molecule has 1 unspecified atom stereocenters. The highest BCUT2D eigenvalue weighted by Crippen LogP contribution is 2.45. The number of hydrogen-bond donors (Lipinski definition) is 0. The van der Waals surface area contributed by atoms with Crippen LogP contribution in [-0.4, -0.2) is 26.6 Å². The molecule has 0 radical (unpaired) electrons. The van der Waals surface area contributed by atoms with Gasteiger partial charge in [0.15, 0.2) is 8.32 Å². The molecule has 0 saturated carbocycles. The number of epoxide rings is 1. The van der Waals surface area contributed by atoms with E-state index in [1.54, 1.807) is 0 Å². The maximum absolute atomic E-state index is 6.81. The minimum Gasteiger partial charge on any atom is -0.413 e. The molecule has 1 aliphatic heterocycles. The van der Waals surface area contributed by atoms with Crippen molar-refractivity contribution in [2.24, 2.45) is 5.92 Å². The molecule has 0 aromatic heterocycles. The van der Waals surface area contributed by atoms with E-state index >= 15 is 0 Å². The Kier molecular flexibility index (Phi) is 5.09. The molecule has 23 heavy (non-hydrogen) atoms. The van der Waals surface area contributed by atoms with Gasteiger partial charge in [-0.2, -0.15) is 0 Å². The molecule has 1 heterocycles. The van der Waals surface area contributed by atoms with Crippen LogP contribution >= 0.6 is 0 Å². The third-order valence-electron chi connectivity index (χ3n) is 5.95. The van der Waals surface area contributed by atoms with Crippen molar-refractivity contribution >= 4 is 13.9 Å². The molecular weight excluding hydrogens is 300 g/mol. The molecule has 4 atom stereocenters. The molecule has 1 saturated heterocycles. The van der Waals surface area contributed by atoms with Crippen molar-refractivity contribution in [1.29, 1.82) is 0 Å². The van der Waals surface area contributed by atoms with Gasteiger partial charge in [0.25, 0.3) is 0 Å². The SMILES string of the molecule is CC[Si](CC)(CC)OC1CC=C(c2ccccc2)[C@@H]2O[C@@H]2[C@@H]1C. The van der Waals surface area contributed by atoms with Gasteiger partial charge in [0.1, 0.15) is 6.10 Å². The van der Waals surface area contributed by atoms with Crippen LogP contribution in [0.4, 0.5) is 0 Å². The van der Waals surface area contributed by atoms with Crippen LogP contribution in [0.2, 0.25) is 18.1 Å². The van der Waals surface area contributed by atoms with Crippen LogP contribution in [0.1, 0.15) is 39.7 Å².